The number of nitrogens with two attached hydrogens (primary N) is 8. The summed E-state index contributed by atoms with van der Waals surface area (Å²) in [6.07, 6.45) is 12.8. The molecule has 8 nitrogen and oxygen atoms in total. The molecule has 0 heterocycles. The van der Waals surface area contributed by atoms with Crippen LogP contribution >= 0.6 is 23.2 Å². The van der Waals surface area contributed by atoms with E-state index in [9.17, 15) is 0 Å². The molecule has 0 unspecified atom stereocenters. The topological polar surface area (TPSA) is 208 Å². The second-order valence-corrected chi connectivity index (χ2v) is 26.6. The highest BCUT2D eigenvalue weighted by Gasteiger charge is 2.19. The van der Waals surface area contributed by atoms with Crippen LogP contribution in [0.1, 0.15) is 242 Å². The molecule has 0 fully saturated rings. The van der Waals surface area contributed by atoms with Gasteiger partial charge in [-0.1, -0.05) is 205 Å². The third-order valence-electron chi connectivity index (χ3n) is 18.6. The van der Waals surface area contributed by atoms with E-state index in [0.717, 1.165) is 172 Å². The van der Waals surface area contributed by atoms with Gasteiger partial charge in [-0.2, -0.15) is 0 Å². The maximum atomic E-state index is 6.68. The Kier molecular flexibility index (Phi) is 28.4. The Morgan fingerprint density at radius 1 is 0.250 bits per heavy atom. The molecule has 0 spiro atoms. The zero-order valence-corrected chi connectivity index (χ0v) is 61.0. The molecule has 0 aliphatic carbocycles. The van der Waals surface area contributed by atoms with Crippen LogP contribution in [0, 0.1) is 27.7 Å². The van der Waals surface area contributed by atoms with Gasteiger partial charge in [0.05, 0.1) is 0 Å². The lowest BCUT2D eigenvalue weighted by atomic mass is 9.90. The first kappa shape index (κ1) is 75.5. The summed E-state index contributed by atoms with van der Waals surface area (Å²) >= 11 is 13.4. The first-order valence-corrected chi connectivity index (χ1v) is 34.8. The van der Waals surface area contributed by atoms with Crippen LogP contribution in [0.25, 0.3) is 0 Å². The molecule has 0 saturated carbocycles. The fourth-order valence-corrected chi connectivity index (χ4v) is 13.6. The average Bonchev–Trinajstić information content (AvgIpc) is 0.833. The Labute approximate surface area is 566 Å². The first-order chi connectivity index (χ1) is 43.6. The minimum atomic E-state index is 0.438. The molecule has 16 N–H and O–H groups in total. The molecule has 0 bridgehead atoms. The van der Waals surface area contributed by atoms with E-state index in [2.05, 4.69) is 210 Å². The standard InChI is InChI=1S/C21H28Cl2N2.2C21H30N2.C19H26N2/c1-5-12-9-14(18(22)16(7-3)20(12)24)11-15-10-13(6-2)21(25)17(8-4)19(15)23;1-12(2)18-10-16(7-14(5)20(18)22)9-17-8-15(6)21(23)19(11-17)13(3)4;1-5-16-10-14(11-17(6-2)20(16)22)9-15-12-18(7-3)21(23)19(8-4)13-15;1-5-16-10-14(7-12(3)18(16)20)9-15-8-13(4)19(21)17(6-2)11-15/h9-10H,5-8,11,24-25H2,1-4H3;7-8,10-13H,9,22-23H2,1-6H3;10-13H,5-9,22-23H2,1-4H3;7-8,10-11H,5-6,9,20-21H2,1-4H3. The van der Waals surface area contributed by atoms with Crippen molar-refractivity contribution in [3.05, 3.63) is 228 Å². The molecule has 8 aromatic carbocycles. The molecule has 8 aromatic rings. The largest absolute Gasteiger partial charge is 0.398 e. The maximum absolute atomic E-state index is 6.68. The van der Waals surface area contributed by atoms with E-state index in [0.29, 0.717) is 18.3 Å². The molecule has 92 heavy (non-hydrogen) atoms. The molecule has 8 rings (SSSR count). The predicted octanol–water partition coefficient (Wildman–Crippen LogP) is 20.2. The summed E-state index contributed by atoms with van der Waals surface area (Å²) < 4.78 is 0. The number of nitrogen functional groups attached to an aromatic ring is 8. The predicted molar refractivity (Wildman–Crippen MR) is 409 cm³/mol. The zero-order chi connectivity index (χ0) is 68.6. The fourth-order valence-electron chi connectivity index (χ4n) is 12.9. The van der Waals surface area contributed by atoms with Crippen molar-refractivity contribution in [2.75, 3.05) is 45.9 Å². The number of halogens is 2. The number of rotatable bonds is 20. The summed E-state index contributed by atoms with van der Waals surface area (Å²) in [5.74, 6) is 0.876. The van der Waals surface area contributed by atoms with Crippen LogP contribution in [0.2, 0.25) is 10.0 Å². The van der Waals surface area contributed by atoms with Gasteiger partial charge in [-0.05, 0) is 257 Å². The normalized spacial score (nSPS) is 11.1. The van der Waals surface area contributed by atoms with Crippen LogP contribution in [0.3, 0.4) is 0 Å². The average molecular weight is 1280 g/mol. The molecular formula is C82H114Cl2N8. The van der Waals surface area contributed by atoms with E-state index in [4.69, 9.17) is 69.1 Å². The van der Waals surface area contributed by atoms with Crippen molar-refractivity contribution in [1.82, 2.24) is 0 Å². The van der Waals surface area contributed by atoms with E-state index in [1.807, 2.05) is 0 Å². The van der Waals surface area contributed by atoms with Gasteiger partial charge < -0.3 is 45.9 Å². The van der Waals surface area contributed by atoms with Gasteiger partial charge in [0, 0.05) is 62.0 Å². The molecule has 0 aliphatic rings. The SMILES string of the molecule is CCc1cc(Cc2cc(C)c(N)c(CC)c2)cc(C)c1N.CCc1cc(Cc2cc(CC)c(N)c(CC)c2)cc(CC)c1N.CCc1cc(Cc2cc(CC)c(N)c(CC)c2Cl)c(Cl)c(CC)c1N.Cc1cc(Cc2cc(C)c(N)c(C(C)C)c2)cc(C(C)C)c1N. The van der Waals surface area contributed by atoms with E-state index >= 15 is 0 Å². The minimum Gasteiger partial charge on any atom is -0.398 e. The van der Waals surface area contributed by atoms with Crippen molar-refractivity contribution in [3.63, 3.8) is 0 Å². The van der Waals surface area contributed by atoms with Crippen molar-refractivity contribution in [2.24, 2.45) is 0 Å². The third kappa shape index (κ3) is 18.5. The van der Waals surface area contributed by atoms with Crippen LogP contribution < -0.4 is 45.9 Å². The highest BCUT2D eigenvalue weighted by molar-refractivity contribution is 6.33. The van der Waals surface area contributed by atoms with Crippen molar-refractivity contribution < 1.29 is 0 Å². The Morgan fingerprint density at radius 3 is 0.707 bits per heavy atom. The van der Waals surface area contributed by atoms with Gasteiger partial charge in [-0.25, -0.2) is 0 Å². The second kappa shape index (κ2) is 34.6. The van der Waals surface area contributed by atoms with Gasteiger partial charge in [0.1, 0.15) is 0 Å². The number of aryl methyl sites for hydroxylation is 12. The summed E-state index contributed by atoms with van der Waals surface area (Å²) in [6, 6.07) is 31.1. The Balaban J connectivity index is 0.000000223. The fraction of sp³-hybridized carbons (Fsp3) is 0.415. The van der Waals surface area contributed by atoms with Gasteiger partial charge >= 0.3 is 0 Å². The van der Waals surface area contributed by atoms with Crippen molar-refractivity contribution in [3.8, 4) is 0 Å². The lowest BCUT2D eigenvalue weighted by molar-refractivity contribution is 0.861. The van der Waals surface area contributed by atoms with Crippen LogP contribution in [0.4, 0.5) is 45.5 Å². The van der Waals surface area contributed by atoms with Gasteiger partial charge in [0.2, 0.25) is 0 Å². The monoisotopic (exact) mass is 1280 g/mol. The van der Waals surface area contributed by atoms with Crippen molar-refractivity contribution >= 4 is 68.7 Å². The van der Waals surface area contributed by atoms with E-state index < -0.39 is 0 Å². The first-order valence-electron chi connectivity index (χ1n) is 34.1. The van der Waals surface area contributed by atoms with Crippen LogP contribution in [0.15, 0.2) is 84.9 Å². The molecule has 0 amide bonds. The Morgan fingerprint density at radius 2 is 0.467 bits per heavy atom. The smallest absolute Gasteiger partial charge is 0.0493 e. The molecular weight excluding hydrogens is 1170 g/mol. The Hall–Kier alpha value is -7.26. The lowest BCUT2D eigenvalue weighted by Crippen LogP contribution is -2.06. The van der Waals surface area contributed by atoms with Gasteiger partial charge in [0.15, 0.2) is 0 Å². The van der Waals surface area contributed by atoms with E-state index in [-0.39, 0.29) is 0 Å². The molecule has 0 radical (unpaired) electrons. The molecule has 0 saturated heterocycles. The van der Waals surface area contributed by atoms with Crippen molar-refractivity contribution in [1.29, 1.82) is 0 Å². The van der Waals surface area contributed by atoms with Crippen LogP contribution in [-0.4, -0.2) is 0 Å². The summed E-state index contributed by atoms with van der Waals surface area (Å²) in [7, 11) is 0. The lowest BCUT2D eigenvalue weighted by Gasteiger charge is -2.18. The molecule has 0 aromatic heterocycles. The number of benzene rings is 8. The van der Waals surface area contributed by atoms with Crippen LogP contribution in [0.5, 0.6) is 0 Å². The van der Waals surface area contributed by atoms with E-state index in [1.54, 1.807) is 0 Å². The summed E-state index contributed by atoms with van der Waals surface area (Å²) in [4.78, 5) is 0. The molecule has 10 heteroatoms. The summed E-state index contributed by atoms with van der Waals surface area (Å²) in [6.45, 7) is 38.5. The number of hydrogen-bond donors (Lipinski definition) is 8. The van der Waals surface area contributed by atoms with Gasteiger partial charge in [0.25, 0.3) is 0 Å². The number of anilines is 8. The third-order valence-corrected chi connectivity index (χ3v) is 19.5. The van der Waals surface area contributed by atoms with Gasteiger partial charge in [-0.3, -0.25) is 0 Å². The quantitative estimate of drug-likeness (QED) is 0.0344. The summed E-state index contributed by atoms with van der Waals surface area (Å²) in [5, 5.41) is 1.53. The minimum absolute atomic E-state index is 0.438. The zero-order valence-electron chi connectivity index (χ0n) is 59.5. The molecule has 496 valence electrons. The second-order valence-electron chi connectivity index (χ2n) is 25.8. The van der Waals surface area contributed by atoms with Gasteiger partial charge in [-0.15, -0.1) is 0 Å². The highest BCUT2D eigenvalue weighted by Crippen LogP contribution is 2.38. The maximum Gasteiger partial charge on any atom is 0.0493 e. The van der Waals surface area contributed by atoms with E-state index in [1.165, 1.54) is 100 Å². The van der Waals surface area contributed by atoms with Crippen LogP contribution in [-0.2, 0) is 89.9 Å². The van der Waals surface area contributed by atoms with Crippen molar-refractivity contribution in [2.45, 2.75) is 226 Å². The Bertz CT molecular complexity index is 3540. The molecule has 0 atom stereocenters. The summed E-state index contributed by atoms with van der Waals surface area (Å²) in [5.41, 5.74) is 86.4. The highest BCUT2D eigenvalue weighted by atomic mass is 35.5. The molecule has 0 aliphatic heterocycles. The number of hydrogen-bond acceptors (Lipinski definition) is 8.